The molecule has 1 aromatic rings. The van der Waals surface area contributed by atoms with Gasteiger partial charge in [-0.25, -0.2) is 4.79 Å². The first-order valence-electron chi connectivity index (χ1n) is 8.90. The summed E-state index contributed by atoms with van der Waals surface area (Å²) < 4.78 is 0. The van der Waals surface area contributed by atoms with E-state index >= 15 is 0 Å². The van der Waals surface area contributed by atoms with E-state index in [2.05, 4.69) is 31.4 Å². The van der Waals surface area contributed by atoms with Gasteiger partial charge >= 0.3 is 6.03 Å². The van der Waals surface area contributed by atoms with E-state index in [0.717, 1.165) is 11.3 Å². The van der Waals surface area contributed by atoms with Crippen LogP contribution in [-0.2, 0) is 9.59 Å². The zero-order valence-electron chi connectivity index (χ0n) is 15.6. The number of carbonyl (C=O) groups is 3. The van der Waals surface area contributed by atoms with Gasteiger partial charge in [-0.1, -0.05) is 44.0 Å². The Morgan fingerprint density at radius 3 is 2.44 bits per heavy atom. The first kappa shape index (κ1) is 20.0. The van der Waals surface area contributed by atoms with Gasteiger partial charge in [0, 0.05) is 15.7 Å². The number of halogens is 2. The number of benzene rings is 1. The second-order valence-corrected chi connectivity index (χ2v) is 9.34. The average molecular weight is 412 g/mol. The SMILES string of the molecule is C[C@@H]1CC(C)(C)C[C@@]2(C1)NC(=O)N(CC(=O)Nc1cc(Cl)cc(Cl)c1)C2=O. The van der Waals surface area contributed by atoms with Crippen molar-refractivity contribution in [1.29, 1.82) is 0 Å². The molecular formula is C19H23Cl2N3O3. The van der Waals surface area contributed by atoms with Crippen LogP contribution < -0.4 is 10.6 Å². The summed E-state index contributed by atoms with van der Waals surface area (Å²) in [6, 6.07) is 4.12. The van der Waals surface area contributed by atoms with Crippen molar-refractivity contribution < 1.29 is 14.4 Å². The Morgan fingerprint density at radius 1 is 1.22 bits per heavy atom. The van der Waals surface area contributed by atoms with Crippen molar-refractivity contribution in [3.05, 3.63) is 28.2 Å². The zero-order valence-corrected chi connectivity index (χ0v) is 17.1. The molecule has 0 unspecified atom stereocenters. The van der Waals surface area contributed by atoms with Crippen LogP contribution in [0.3, 0.4) is 0 Å². The lowest BCUT2D eigenvalue weighted by Crippen LogP contribution is -2.54. The Bertz CT molecular complexity index is 791. The molecule has 1 saturated heterocycles. The minimum absolute atomic E-state index is 0.0591. The van der Waals surface area contributed by atoms with E-state index in [1.54, 1.807) is 18.2 Å². The van der Waals surface area contributed by atoms with Gasteiger partial charge in [-0.15, -0.1) is 0 Å². The predicted molar refractivity (Wildman–Crippen MR) is 105 cm³/mol. The van der Waals surface area contributed by atoms with E-state index in [1.807, 2.05) is 0 Å². The molecule has 4 amide bonds. The first-order chi connectivity index (χ1) is 12.5. The Morgan fingerprint density at radius 2 is 1.85 bits per heavy atom. The Labute approximate surface area is 168 Å². The third-order valence-electron chi connectivity index (χ3n) is 5.07. The van der Waals surface area contributed by atoms with Crippen molar-refractivity contribution in [2.24, 2.45) is 11.3 Å². The van der Waals surface area contributed by atoms with Crippen LogP contribution in [0.5, 0.6) is 0 Å². The molecule has 2 aliphatic rings. The summed E-state index contributed by atoms with van der Waals surface area (Å²) in [5.41, 5.74) is -0.569. The van der Waals surface area contributed by atoms with Gasteiger partial charge < -0.3 is 10.6 Å². The second-order valence-electron chi connectivity index (χ2n) is 8.46. The number of nitrogens with one attached hydrogen (secondary N) is 2. The lowest BCUT2D eigenvalue weighted by atomic mass is 9.64. The first-order valence-corrected chi connectivity index (χ1v) is 9.65. The molecule has 1 aliphatic carbocycles. The highest BCUT2D eigenvalue weighted by Gasteiger charge is 2.56. The fourth-order valence-corrected chi connectivity index (χ4v) is 5.15. The molecule has 146 valence electrons. The van der Waals surface area contributed by atoms with Gasteiger partial charge in [0.2, 0.25) is 5.91 Å². The molecule has 8 heteroatoms. The Hall–Kier alpha value is -1.79. The van der Waals surface area contributed by atoms with E-state index in [1.165, 1.54) is 0 Å². The van der Waals surface area contributed by atoms with Crippen molar-refractivity contribution in [3.8, 4) is 0 Å². The van der Waals surface area contributed by atoms with Crippen molar-refractivity contribution in [3.63, 3.8) is 0 Å². The molecule has 6 nitrogen and oxygen atoms in total. The van der Waals surface area contributed by atoms with Crippen LogP contribution in [0.4, 0.5) is 10.5 Å². The van der Waals surface area contributed by atoms with Crippen molar-refractivity contribution >= 4 is 46.7 Å². The second kappa shape index (κ2) is 6.99. The van der Waals surface area contributed by atoms with Crippen LogP contribution in [0.1, 0.15) is 40.0 Å². The zero-order chi connectivity index (χ0) is 20.0. The van der Waals surface area contributed by atoms with Crippen molar-refractivity contribution in [2.45, 2.75) is 45.6 Å². The van der Waals surface area contributed by atoms with Crippen LogP contribution in [0.25, 0.3) is 0 Å². The number of nitrogens with zero attached hydrogens (tertiary/aromatic N) is 1. The number of hydrogen-bond donors (Lipinski definition) is 2. The van der Waals surface area contributed by atoms with E-state index in [0.29, 0.717) is 34.5 Å². The molecule has 1 saturated carbocycles. The third-order valence-corrected chi connectivity index (χ3v) is 5.51. The quantitative estimate of drug-likeness (QED) is 0.735. The summed E-state index contributed by atoms with van der Waals surface area (Å²) in [6.45, 7) is 5.93. The number of anilines is 1. The summed E-state index contributed by atoms with van der Waals surface area (Å²) in [5, 5.41) is 6.24. The number of hydrogen-bond acceptors (Lipinski definition) is 3. The van der Waals surface area contributed by atoms with Gasteiger partial charge in [-0.05, 0) is 48.8 Å². The molecule has 2 N–H and O–H groups in total. The smallest absolute Gasteiger partial charge is 0.324 e. The Balaban J connectivity index is 1.73. The highest BCUT2D eigenvalue weighted by Crippen LogP contribution is 2.46. The Kier molecular flexibility index (Phi) is 5.16. The molecule has 0 radical (unpaired) electrons. The summed E-state index contributed by atoms with van der Waals surface area (Å²) in [6.07, 6.45) is 2.15. The maximum Gasteiger partial charge on any atom is 0.325 e. The topological polar surface area (TPSA) is 78.5 Å². The number of rotatable bonds is 3. The lowest BCUT2D eigenvalue weighted by molar-refractivity contribution is -0.136. The number of amides is 4. The van der Waals surface area contributed by atoms with Crippen molar-refractivity contribution in [1.82, 2.24) is 10.2 Å². The normalized spacial score (nSPS) is 27.0. The fourth-order valence-electron chi connectivity index (χ4n) is 4.62. The number of imide groups is 1. The molecule has 27 heavy (non-hydrogen) atoms. The molecule has 1 aliphatic heterocycles. The monoisotopic (exact) mass is 411 g/mol. The minimum atomic E-state index is -0.919. The van der Waals surface area contributed by atoms with Crippen LogP contribution in [0.15, 0.2) is 18.2 Å². The van der Waals surface area contributed by atoms with Gasteiger partial charge in [-0.2, -0.15) is 0 Å². The van der Waals surface area contributed by atoms with Crippen LogP contribution >= 0.6 is 23.2 Å². The summed E-state index contributed by atoms with van der Waals surface area (Å²) in [5.74, 6) is -0.510. The molecule has 1 aromatic carbocycles. The fraction of sp³-hybridized carbons (Fsp3) is 0.526. The van der Waals surface area contributed by atoms with Gasteiger partial charge in [0.25, 0.3) is 5.91 Å². The molecule has 2 atom stereocenters. The molecule has 0 bridgehead atoms. The van der Waals surface area contributed by atoms with E-state index in [-0.39, 0.29) is 17.9 Å². The van der Waals surface area contributed by atoms with Crippen LogP contribution in [0.2, 0.25) is 10.0 Å². The van der Waals surface area contributed by atoms with Crippen LogP contribution in [-0.4, -0.2) is 34.8 Å². The van der Waals surface area contributed by atoms with Gasteiger partial charge in [0.05, 0.1) is 0 Å². The molecule has 3 rings (SSSR count). The summed E-state index contributed by atoms with van der Waals surface area (Å²) in [7, 11) is 0. The van der Waals surface area contributed by atoms with Gasteiger partial charge in [0.1, 0.15) is 12.1 Å². The molecule has 0 aromatic heterocycles. The van der Waals surface area contributed by atoms with Gasteiger partial charge in [-0.3, -0.25) is 14.5 Å². The maximum absolute atomic E-state index is 13.0. The van der Waals surface area contributed by atoms with Gasteiger partial charge in [0.15, 0.2) is 0 Å². The molecule has 1 spiro atoms. The maximum atomic E-state index is 13.0. The number of urea groups is 1. The van der Waals surface area contributed by atoms with E-state index in [9.17, 15) is 14.4 Å². The summed E-state index contributed by atoms with van der Waals surface area (Å²) in [4.78, 5) is 38.9. The molecule has 1 heterocycles. The van der Waals surface area contributed by atoms with Crippen molar-refractivity contribution in [2.75, 3.05) is 11.9 Å². The predicted octanol–water partition coefficient (Wildman–Crippen LogP) is 4.07. The highest BCUT2D eigenvalue weighted by atomic mass is 35.5. The van der Waals surface area contributed by atoms with E-state index < -0.39 is 17.5 Å². The lowest BCUT2D eigenvalue weighted by Gasteiger charge is -2.43. The standard InChI is InChI=1S/C19H23Cl2N3O3/c1-11-7-18(2,3)10-19(8-11)16(26)24(17(27)23-19)9-15(25)22-14-5-12(20)4-13(21)6-14/h4-6,11H,7-10H2,1-3H3,(H,22,25)(H,23,27)/t11-,19-/m1/s1. The highest BCUT2D eigenvalue weighted by molar-refractivity contribution is 6.35. The van der Waals surface area contributed by atoms with Crippen LogP contribution in [0, 0.1) is 11.3 Å². The average Bonchev–Trinajstić information content (AvgIpc) is 2.67. The minimum Gasteiger partial charge on any atom is -0.324 e. The van der Waals surface area contributed by atoms with E-state index in [4.69, 9.17) is 23.2 Å². The largest absolute Gasteiger partial charge is 0.325 e. The summed E-state index contributed by atoms with van der Waals surface area (Å²) >= 11 is 11.8. The molecular weight excluding hydrogens is 389 g/mol. The third kappa shape index (κ3) is 4.22. The molecule has 2 fully saturated rings. The number of carbonyl (C=O) groups excluding carboxylic acids is 3.